The SMILES string of the molecule is O=CC1OC[C@H](Cc2ccccc2)N1Cc1ccccc1. The lowest BCUT2D eigenvalue weighted by molar-refractivity contribution is -0.122. The maximum atomic E-state index is 11.2. The van der Waals surface area contributed by atoms with Crippen molar-refractivity contribution < 1.29 is 9.53 Å². The molecule has 3 nitrogen and oxygen atoms in total. The van der Waals surface area contributed by atoms with Crippen LogP contribution in [0.5, 0.6) is 0 Å². The second-order valence-electron chi connectivity index (χ2n) is 5.36. The van der Waals surface area contributed by atoms with E-state index in [0.717, 1.165) is 19.3 Å². The van der Waals surface area contributed by atoms with Crippen molar-refractivity contribution in [3.8, 4) is 0 Å². The topological polar surface area (TPSA) is 29.5 Å². The van der Waals surface area contributed by atoms with Crippen LogP contribution in [0.3, 0.4) is 0 Å². The molecule has 2 aromatic rings. The van der Waals surface area contributed by atoms with Crippen LogP contribution in [0, 0.1) is 0 Å². The lowest BCUT2D eigenvalue weighted by Crippen LogP contribution is -2.38. The Bertz CT molecular complexity index is 570. The molecule has 2 aromatic carbocycles. The predicted molar refractivity (Wildman–Crippen MR) is 81.7 cm³/mol. The Morgan fingerprint density at radius 3 is 2.24 bits per heavy atom. The molecule has 0 radical (unpaired) electrons. The van der Waals surface area contributed by atoms with Crippen LogP contribution >= 0.6 is 0 Å². The summed E-state index contributed by atoms with van der Waals surface area (Å²) in [5.41, 5.74) is 2.48. The van der Waals surface area contributed by atoms with Gasteiger partial charge in [0.15, 0.2) is 12.5 Å². The minimum absolute atomic E-state index is 0.239. The number of nitrogens with zero attached hydrogens (tertiary/aromatic N) is 1. The van der Waals surface area contributed by atoms with Gasteiger partial charge in [-0.1, -0.05) is 60.7 Å². The van der Waals surface area contributed by atoms with Crippen LogP contribution in [0.4, 0.5) is 0 Å². The molecule has 0 aliphatic carbocycles. The fourth-order valence-electron chi connectivity index (χ4n) is 2.80. The van der Waals surface area contributed by atoms with E-state index in [1.54, 1.807) is 0 Å². The largest absolute Gasteiger partial charge is 0.354 e. The first kappa shape index (κ1) is 14.0. The van der Waals surface area contributed by atoms with Crippen LogP contribution < -0.4 is 0 Å². The average molecular weight is 281 g/mol. The van der Waals surface area contributed by atoms with Crippen molar-refractivity contribution in [1.29, 1.82) is 0 Å². The second kappa shape index (κ2) is 6.66. The molecule has 1 aliphatic rings. The Balaban J connectivity index is 1.74. The second-order valence-corrected chi connectivity index (χ2v) is 5.36. The van der Waals surface area contributed by atoms with Gasteiger partial charge in [0.05, 0.1) is 6.61 Å². The summed E-state index contributed by atoms with van der Waals surface area (Å²) in [4.78, 5) is 13.4. The van der Waals surface area contributed by atoms with Gasteiger partial charge in [-0.15, -0.1) is 0 Å². The standard InChI is InChI=1S/C18H19NO2/c20-13-18-19(12-16-9-5-2-6-10-16)17(14-21-18)11-15-7-3-1-4-8-15/h1-10,13,17-18H,11-12,14H2/t17-,18?/m0/s1. The number of ether oxygens (including phenoxy) is 1. The molecule has 0 aromatic heterocycles. The molecule has 1 unspecified atom stereocenters. The zero-order valence-electron chi connectivity index (χ0n) is 11.9. The highest BCUT2D eigenvalue weighted by Crippen LogP contribution is 2.22. The number of hydrogen-bond acceptors (Lipinski definition) is 3. The first-order chi connectivity index (χ1) is 10.4. The zero-order chi connectivity index (χ0) is 14.5. The number of rotatable bonds is 5. The highest BCUT2D eigenvalue weighted by molar-refractivity contribution is 5.56. The molecule has 108 valence electrons. The van der Waals surface area contributed by atoms with Crippen LogP contribution in [-0.4, -0.2) is 30.1 Å². The van der Waals surface area contributed by atoms with Crippen molar-refractivity contribution in [2.45, 2.75) is 25.2 Å². The van der Waals surface area contributed by atoms with Gasteiger partial charge in [0.2, 0.25) is 0 Å². The molecule has 1 heterocycles. The van der Waals surface area contributed by atoms with Gasteiger partial charge >= 0.3 is 0 Å². The van der Waals surface area contributed by atoms with Gasteiger partial charge < -0.3 is 4.74 Å². The number of hydrogen-bond donors (Lipinski definition) is 0. The molecular weight excluding hydrogens is 262 g/mol. The smallest absolute Gasteiger partial charge is 0.167 e. The van der Waals surface area contributed by atoms with Crippen LogP contribution in [0.2, 0.25) is 0 Å². The van der Waals surface area contributed by atoms with Crippen molar-refractivity contribution in [3.05, 3.63) is 71.8 Å². The van der Waals surface area contributed by atoms with Crippen LogP contribution in [0.15, 0.2) is 60.7 Å². The first-order valence-electron chi connectivity index (χ1n) is 7.27. The van der Waals surface area contributed by atoms with Gasteiger partial charge in [0, 0.05) is 12.6 Å². The van der Waals surface area contributed by atoms with Crippen molar-refractivity contribution in [2.24, 2.45) is 0 Å². The highest BCUT2D eigenvalue weighted by atomic mass is 16.5. The van der Waals surface area contributed by atoms with Gasteiger partial charge in [-0.05, 0) is 17.5 Å². The summed E-state index contributed by atoms with van der Waals surface area (Å²) in [5, 5.41) is 0. The number of carbonyl (C=O) groups is 1. The molecule has 3 heteroatoms. The van der Waals surface area contributed by atoms with E-state index in [0.29, 0.717) is 6.61 Å². The lowest BCUT2D eigenvalue weighted by Gasteiger charge is -2.25. The molecule has 21 heavy (non-hydrogen) atoms. The van der Waals surface area contributed by atoms with E-state index in [2.05, 4.69) is 29.2 Å². The van der Waals surface area contributed by atoms with Gasteiger partial charge in [-0.25, -0.2) is 0 Å². The minimum atomic E-state index is -0.432. The maximum absolute atomic E-state index is 11.2. The van der Waals surface area contributed by atoms with Gasteiger partial charge in [0.25, 0.3) is 0 Å². The summed E-state index contributed by atoms with van der Waals surface area (Å²) < 4.78 is 5.63. The Hall–Kier alpha value is -1.97. The fraction of sp³-hybridized carbons (Fsp3) is 0.278. The molecular formula is C18H19NO2. The van der Waals surface area contributed by atoms with E-state index in [9.17, 15) is 4.79 Å². The minimum Gasteiger partial charge on any atom is -0.354 e. The van der Waals surface area contributed by atoms with E-state index in [4.69, 9.17) is 4.74 Å². The quantitative estimate of drug-likeness (QED) is 0.789. The predicted octanol–water partition coefficient (Wildman–Crippen LogP) is 2.66. The number of aldehydes is 1. The molecule has 0 spiro atoms. The third kappa shape index (κ3) is 3.38. The van der Waals surface area contributed by atoms with Crippen LogP contribution in [0.1, 0.15) is 11.1 Å². The third-order valence-corrected chi connectivity index (χ3v) is 3.89. The van der Waals surface area contributed by atoms with Crippen molar-refractivity contribution in [2.75, 3.05) is 6.61 Å². The summed E-state index contributed by atoms with van der Waals surface area (Å²) in [6.07, 6.45) is 1.37. The average Bonchev–Trinajstić information content (AvgIpc) is 2.91. The van der Waals surface area contributed by atoms with Crippen molar-refractivity contribution in [1.82, 2.24) is 4.90 Å². The number of benzene rings is 2. The van der Waals surface area contributed by atoms with E-state index in [-0.39, 0.29) is 6.04 Å². The monoisotopic (exact) mass is 281 g/mol. The van der Waals surface area contributed by atoms with E-state index in [1.165, 1.54) is 11.1 Å². The van der Waals surface area contributed by atoms with Crippen molar-refractivity contribution in [3.63, 3.8) is 0 Å². The first-order valence-corrected chi connectivity index (χ1v) is 7.27. The lowest BCUT2D eigenvalue weighted by atomic mass is 10.0. The van der Waals surface area contributed by atoms with Crippen LogP contribution in [-0.2, 0) is 22.5 Å². The summed E-state index contributed by atoms with van der Waals surface area (Å²) in [6, 6.07) is 20.8. The molecule has 1 fully saturated rings. The van der Waals surface area contributed by atoms with Crippen molar-refractivity contribution >= 4 is 6.29 Å². The van der Waals surface area contributed by atoms with Gasteiger partial charge in [-0.2, -0.15) is 0 Å². The fourth-order valence-corrected chi connectivity index (χ4v) is 2.80. The molecule has 0 bridgehead atoms. The molecule has 0 amide bonds. The molecule has 1 saturated heterocycles. The normalized spacial score (nSPS) is 22.3. The highest BCUT2D eigenvalue weighted by Gasteiger charge is 2.33. The summed E-state index contributed by atoms with van der Waals surface area (Å²) >= 11 is 0. The zero-order valence-corrected chi connectivity index (χ0v) is 11.9. The molecule has 1 aliphatic heterocycles. The van der Waals surface area contributed by atoms with Gasteiger partial charge in [-0.3, -0.25) is 9.69 Å². The van der Waals surface area contributed by atoms with Crippen LogP contribution in [0.25, 0.3) is 0 Å². The maximum Gasteiger partial charge on any atom is 0.167 e. The summed E-state index contributed by atoms with van der Waals surface area (Å²) in [5.74, 6) is 0. The summed E-state index contributed by atoms with van der Waals surface area (Å²) in [6.45, 7) is 1.34. The summed E-state index contributed by atoms with van der Waals surface area (Å²) in [7, 11) is 0. The van der Waals surface area contributed by atoms with Gasteiger partial charge in [0.1, 0.15) is 0 Å². The Morgan fingerprint density at radius 2 is 1.62 bits per heavy atom. The molecule has 2 atom stereocenters. The molecule has 3 rings (SSSR count). The molecule has 0 saturated carbocycles. The Morgan fingerprint density at radius 1 is 1.00 bits per heavy atom. The number of carbonyl (C=O) groups excluding carboxylic acids is 1. The van der Waals surface area contributed by atoms with E-state index in [1.807, 2.05) is 36.4 Å². The van der Waals surface area contributed by atoms with E-state index >= 15 is 0 Å². The Kier molecular flexibility index (Phi) is 4.43. The Labute approximate surface area is 125 Å². The van der Waals surface area contributed by atoms with E-state index < -0.39 is 6.23 Å². The molecule has 0 N–H and O–H groups in total. The third-order valence-electron chi connectivity index (χ3n) is 3.89.